The fraction of sp³-hybridized carbons (Fsp3) is 1.00. The minimum absolute atomic E-state index is 0.323. The number of hydrogen-bond acceptors (Lipinski definition) is 2. The summed E-state index contributed by atoms with van der Waals surface area (Å²) >= 11 is 0. The second kappa shape index (κ2) is 2.46. The molecule has 0 saturated carbocycles. The topological polar surface area (TPSA) is 21.3 Å². The first kappa shape index (κ1) is 2.67. The maximum absolute atomic E-state index is 7.55. The number of morpholine rings is 1. The molecule has 3 atom stereocenters. The van der Waals surface area contributed by atoms with Gasteiger partial charge in [-0.2, -0.15) is 0 Å². The van der Waals surface area contributed by atoms with Gasteiger partial charge in [0.1, 0.15) is 0 Å². The van der Waals surface area contributed by atoms with Crippen molar-refractivity contribution in [1.29, 1.82) is 0 Å². The van der Waals surface area contributed by atoms with Crippen LogP contribution in [-0.2, 0) is 4.74 Å². The standard InChI is InChI=1S/C6H13NO/c1-5-3-8-4-6(2)7-5/h5-7H,3-4H2,1-2H3/i3D,4D2,6D. The third-order valence-corrected chi connectivity index (χ3v) is 0.928. The van der Waals surface area contributed by atoms with Crippen LogP contribution in [-0.4, -0.2) is 25.2 Å². The van der Waals surface area contributed by atoms with Crippen molar-refractivity contribution in [2.45, 2.75) is 25.9 Å². The molecule has 48 valence electrons. The van der Waals surface area contributed by atoms with E-state index in [2.05, 4.69) is 5.32 Å². The molecule has 0 bridgehead atoms. The molecule has 1 fully saturated rings. The Morgan fingerprint density at radius 2 is 2.62 bits per heavy atom. The summed E-state index contributed by atoms with van der Waals surface area (Å²) in [5.41, 5.74) is 0. The molecule has 2 nitrogen and oxygen atoms in total. The van der Waals surface area contributed by atoms with Gasteiger partial charge in [0, 0.05) is 13.4 Å². The largest absolute Gasteiger partial charge is 0.378 e. The first-order valence-electron chi connectivity index (χ1n) is 4.72. The molecular weight excluding hydrogens is 102 g/mol. The summed E-state index contributed by atoms with van der Waals surface area (Å²) < 4.78 is 34.3. The average molecular weight is 119 g/mol. The van der Waals surface area contributed by atoms with Crippen LogP contribution in [0.2, 0.25) is 0 Å². The van der Waals surface area contributed by atoms with Crippen molar-refractivity contribution in [3.05, 3.63) is 0 Å². The van der Waals surface area contributed by atoms with Gasteiger partial charge in [-0.1, -0.05) is 0 Å². The molecule has 1 saturated heterocycles. The Balaban J connectivity index is 2.80. The van der Waals surface area contributed by atoms with Crippen LogP contribution in [0.3, 0.4) is 0 Å². The first-order chi connectivity index (χ1) is 5.26. The van der Waals surface area contributed by atoms with Crippen LogP contribution in [0.25, 0.3) is 0 Å². The molecule has 0 radical (unpaired) electrons. The zero-order chi connectivity index (χ0) is 9.57. The van der Waals surface area contributed by atoms with Gasteiger partial charge in [-0.3, -0.25) is 0 Å². The molecule has 0 aromatic carbocycles. The number of rotatable bonds is 0. The molecule has 1 aliphatic heterocycles. The zero-order valence-electron chi connectivity index (χ0n) is 9.06. The van der Waals surface area contributed by atoms with Gasteiger partial charge < -0.3 is 10.1 Å². The molecule has 0 aliphatic carbocycles. The molecule has 1 aliphatic rings. The fourth-order valence-electron chi connectivity index (χ4n) is 0.629. The molecule has 0 amide bonds. The Kier molecular flexibility index (Phi) is 0.822. The Bertz CT molecular complexity index is 164. The number of ether oxygens (including phenoxy) is 1. The summed E-state index contributed by atoms with van der Waals surface area (Å²) in [6.07, 6.45) is 0. The fourth-order valence-corrected chi connectivity index (χ4v) is 0.629. The van der Waals surface area contributed by atoms with Gasteiger partial charge in [0.15, 0.2) is 0 Å². The van der Waals surface area contributed by atoms with Crippen molar-refractivity contribution >= 4 is 0 Å². The Hall–Kier alpha value is -0.0800. The lowest BCUT2D eigenvalue weighted by atomic mass is 10.2. The lowest BCUT2D eigenvalue weighted by Gasteiger charge is -2.25. The van der Waals surface area contributed by atoms with Crippen LogP contribution < -0.4 is 5.32 Å². The van der Waals surface area contributed by atoms with Crippen LogP contribution in [0.5, 0.6) is 0 Å². The third-order valence-electron chi connectivity index (χ3n) is 0.928. The summed E-state index contributed by atoms with van der Waals surface area (Å²) in [6.45, 7) is 0.0412. The minimum atomic E-state index is -2.11. The van der Waals surface area contributed by atoms with Crippen molar-refractivity contribution in [2.75, 3.05) is 13.1 Å². The molecule has 8 heavy (non-hydrogen) atoms. The molecule has 1 rings (SSSR count). The summed E-state index contributed by atoms with van der Waals surface area (Å²) in [6, 6.07) is -1.81. The molecule has 0 aromatic rings. The van der Waals surface area contributed by atoms with E-state index in [1.54, 1.807) is 6.92 Å². The zero-order valence-corrected chi connectivity index (χ0v) is 5.06. The first-order valence-corrected chi connectivity index (χ1v) is 2.64. The van der Waals surface area contributed by atoms with E-state index in [0.717, 1.165) is 0 Å². The average Bonchev–Trinajstić information content (AvgIpc) is 1.82. The number of nitrogens with one attached hydrogen (secondary N) is 1. The second-order valence-corrected chi connectivity index (χ2v) is 1.91. The molecule has 2 heteroatoms. The Morgan fingerprint density at radius 1 is 1.88 bits per heavy atom. The van der Waals surface area contributed by atoms with E-state index < -0.39 is 19.2 Å². The minimum Gasteiger partial charge on any atom is -0.378 e. The molecule has 3 unspecified atom stereocenters. The summed E-state index contributed by atoms with van der Waals surface area (Å²) in [7, 11) is 0. The maximum Gasteiger partial charge on any atom is 0.0617 e. The highest BCUT2D eigenvalue weighted by atomic mass is 16.5. The van der Waals surface area contributed by atoms with Gasteiger partial charge in [0.2, 0.25) is 0 Å². The van der Waals surface area contributed by atoms with Crippen molar-refractivity contribution in [3.63, 3.8) is 0 Å². The smallest absolute Gasteiger partial charge is 0.0617 e. The van der Waals surface area contributed by atoms with Crippen molar-refractivity contribution in [3.8, 4) is 0 Å². The predicted molar refractivity (Wildman–Crippen MR) is 32.9 cm³/mol. The normalized spacial score (nSPS) is 71.8. The van der Waals surface area contributed by atoms with Crippen LogP contribution >= 0.6 is 0 Å². The van der Waals surface area contributed by atoms with E-state index in [9.17, 15) is 0 Å². The highest BCUT2D eigenvalue weighted by molar-refractivity contribution is 4.70. The van der Waals surface area contributed by atoms with Gasteiger partial charge in [0.05, 0.1) is 17.3 Å². The van der Waals surface area contributed by atoms with Gasteiger partial charge in [-0.05, 0) is 13.8 Å². The number of hydrogen-bond donors (Lipinski definition) is 1. The molecule has 0 aromatic heterocycles. The van der Waals surface area contributed by atoms with E-state index in [-0.39, 0.29) is 6.04 Å². The lowest BCUT2D eigenvalue weighted by Crippen LogP contribution is -2.45. The Labute approximate surface area is 55.8 Å². The van der Waals surface area contributed by atoms with Crippen LogP contribution in [0, 0.1) is 0 Å². The van der Waals surface area contributed by atoms with E-state index in [0.29, 0.717) is 0 Å². The lowest BCUT2D eigenvalue weighted by molar-refractivity contribution is 0.0560. The van der Waals surface area contributed by atoms with Crippen molar-refractivity contribution in [1.82, 2.24) is 5.32 Å². The van der Waals surface area contributed by atoms with Crippen molar-refractivity contribution < 1.29 is 10.2 Å². The maximum atomic E-state index is 7.55. The second-order valence-electron chi connectivity index (χ2n) is 1.91. The molecular formula is C6H13NO. The highest BCUT2D eigenvalue weighted by Crippen LogP contribution is 1.96. The van der Waals surface area contributed by atoms with E-state index in [1.165, 1.54) is 6.92 Å². The summed E-state index contributed by atoms with van der Waals surface area (Å²) in [5, 5.41) is 2.67. The van der Waals surface area contributed by atoms with E-state index in [1.807, 2.05) is 0 Å². The SMILES string of the molecule is [2H]C1OC([2H])([2H])C([2H])(C)NC1C. The van der Waals surface area contributed by atoms with Gasteiger partial charge in [-0.25, -0.2) is 0 Å². The Morgan fingerprint density at radius 3 is 3.25 bits per heavy atom. The summed E-state index contributed by atoms with van der Waals surface area (Å²) in [5.74, 6) is 0. The van der Waals surface area contributed by atoms with Gasteiger partial charge in [0.25, 0.3) is 0 Å². The van der Waals surface area contributed by atoms with Crippen LogP contribution in [0.4, 0.5) is 0 Å². The third kappa shape index (κ3) is 1.46. The van der Waals surface area contributed by atoms with E-state index >= 15 is 0 Å². The van der Waals surface area contributed by atoms with Gasteiger partial charge in [-0.15, -0.1) is 0 Å². The molecule has 1 heterocycles. The van der Waals surface area contributed by atoms with Crippen LogP contribution in [0.1, 0.15) is 19.3 Å². The quantitative estimate of drug-likeness (QED) is 0.498. The summed E-state index contributed by atoms with van der Waals surface area (Å²) in [4.78, 5) is 0. The molecule has 0 spiro atoms. The predicted octanol–water partition coefficient (Wildman–Crippen LogP) is 0.383. The van der Waals surface area contributed by atoms with E-state index in [4.69, 9.17) is 10.2 Å². The van der Waals surface area contributed by atoms with Crippen LogP contribution in [0.15, 0.2) is 0 Å². The molecule has 1 N–H and O–H groups in total. The van der Waals surface area contributed by atoms with Crippen molar-refractivity contribution in [2.24, 2.45) is 0 Å². The van der Waals surface area contributed by atoms with Gasteiger partial charge >= 0.3 is 0 Å². The highest BCUT2D eigenvalue weighted by Gasteiger charge is 2.12. The monoisotopic (exact) mass is 119 g/mol.